The van der Waals surface area contributed by atoms with E-state index >= 15 is 0 Å². The lowest BCUT2D eigenvalue weighted by Crippen LogP contribution is -2.27. The van der Waals surface area contributed by atoms with E-state index in [9.17, 15) is 0 Å². The number of nitrogens with zero attached hydrogens (tertiary/aromatic N) is 2. The van der Waals surface area contributed by atoms with E-state index in [4.69, 9.17) is 14.0 Å². The van der Waals surface area contributed by atoms with Gasteiger partial charge in [0, 0.05) is 36.2 Å². The van der Waals surface area contributed by atoms with Crippen molar-refractivity contribution in [2.75, 3.05) is 6.61 Å². The molecule has 1 saturated carbocycles. The molecule has 2 aromatic heterocycles. The number of hydrogen-bond donors (Lipinski definition) is 0. The van der Waals surface area contributed by atoms with E-state index in [-0.39, 0.29) is 0 Å². The number of aryl methyl sites for hydroxylation is 3. The highest BCUT2D eigenvalue weighted by atomic mass is 16.5. The smallest absolute Gasteiger partial charge is 0.140 e. The first-order chi connectivity index (χ1) is 43.4. The van der Waals surface area contributed by atoms with Crippen LogP contribution >= 0.6 is 0 Å². The molecule has 8 unspecified atom stereocenters. The molecule has 0 bridgehead atoms. The molecule has 89 heavy (non-hydrogen) atoms. The lowest BCUT2D eigenvalue weighted by Gasteiger charge is -2.29. The van der Waals surface area contributed by atoms with Crippen molar-refractivity contribution in [3.63, 3.8) is 0 Å². The fourth-order valence-corrected chi connectivity index (χ4v) is 14.6. The van der Waals surface area contributed by atoms with Crippen molar-refractivity contribution < 1.29 is 14.0 Å². The second-order valence-electron chi connectivity index (χ2n) is 26.9. The normalized spacial score (nSPS) is 23.6. The molecule has 0 spiro atoms. The minimum Gasteiger partial charge on any atom is -0.498 e. The lowest BCUT2D eigenvalue weighted by atomic mass is 9.79. The molecule has 0 saturated heterocycles. The third kappa shape index (κ3) is 17.3. The zero-order chi connectivity index (χ0) is 62.1. The third-order valence-corrected chi connectivity index (χ3v) is 20.1. The topological polar surface area (TPSA) is 57.4 Å². The molecule has 5 nitrogen and oxygen atoms in total. The van der Waals surface area contributed by atoms with Crippen LogP contribution in [-0.4, -0.2) is 22.9 Å². The Bertz CT molecular complexity index is 3520. The fraction of sp³-hybridized carbons (Fsp3) is 0.405. The van der Waals surface area contributed by atoms with Gasteiger partial charge < -0.3 is 14.0 Å². The predicted octanol–water partition coefficient (Wildman–Crippen LogP) is 21.7. The molecule has 1 fully saturated rings. The van der Waals surface area contributed by atoms with Gasteiger partial charge in [-0.1, -0.05) is 217 Å². The number of aromatic nitrogens is 2. The zero-order valence-electron chi connectivity index (χ0n) is 55.1. The van der Waals surface area contributed by atoms with Gasteiger partial charge in [-0.25, -0.2) is 0 Å². The number of fused-ring (bicyclic) bond motifs is 8. The highest BCUT2D eigenvalue weighted by Gasteiger charge is 2.32. The van der Waals surface area contributed by atoms with Crippen LogP contribution in [-0.2, 0) is 54.4 Å². The van der Waals surface area contributed by atoms with Crippen LogP contribution in [0.2, 0.25) is 0 Å². The molecule has 464 valence electrons. The van der Waals surface area contributed by atoms with Crippen molar-refractivity contribution in [1.82, 2.24) is 10.1 Å². The molecule has 18 rings (SSSR count). The van der Waals surface area contributed by atoms with Gasteiger partial charge in [-0.3, -0.25) is 4.98 Å². The maximum Gasteiger partial charge on any atom is 0.140 e. The maximum atomic E-state index is 5.45. The van der Waals surface area contributed by atoms with Gasteiger partial charge in [-0.2, -0.15) is 0 Å². The summed E-state index contributed by atoms with van der Waals surface area (Å²) in [5, 5.41) is 3.78. The largest absolute Gasteiger partial charge is 0.498 e. The monoisotopic (exact) mass is 1180 g/mol. The van der Waals surface area contributed by atoms with Gasteiger partial charge in [-0.05, 0) is 229 Å². The number of ether oxygens (including phenoxy) is 2. The quantitative estimate of drug-likeness (QED) is 0.151. The van der Waals surface area contributed by atoms with Crippen LogP contribution in [0.1, 0.15) is 216 Å². The maximum absolute atomic E-state index is 5.45. The van der Waals surface area contributed by atoms with Crippen molar-refractivity contribution >= 4 is 17.7 Å². The Labute approximate surface area is 535 Å². The second-order valence-corrected chi connectivity index (χ2v) is 26.9. The summed E-state index contributed by atoms with van der Waals surface area (Å²) < 4.78 is 15.9. The van der Waals surface area contributed by atoms with Crippen molar-refractivity contribution in [3.05, 3.63) is 278 Å². The third-order valence-electron chi connectivity index (χ3n) is 20.1. The number of rotatable bonds is 0. The first kappa shape index (κ1) is 64.5. The summed E-state index contributed by atoms with van der Waals surface area (Å²) in [6, 6.07) is 47.5. The summed E-state index contributed by atoms with van der Waals surface area (Å²) in [5.74, 6) is 8.17. The van der Waals surface area contributed by atoms with Crippen LogP contribution in [0.25, 0.3) is 17.7 Å². The SMILES string of the molecule is CC1=CCc2ccccc21.CC1=Cc2ccccc2C1.CC1C=CC2=C1CCO2.CC1C=Cc2ccccc21.CC1CCCC2OC=CC12.CC1CCCc2oncc21.CC1CCc2ccccc21.CC1CCc2ncccc21.CC1Cc2ccccc2C1. The predicted molar refractivity (Wildman–Crippen MR) is 373 cm³/mol. The van der Waals surface area contributed by atoms with Crippen LogP contribution in [0.4, 0.5) is 0 Å². The molecule has 9 aliphatic carbocycles. The molecule has 0 N–H and O–H groups in total. The minimum atomic E-state index is 0.531. The van der Waals surface area contributed by atoms with Gasteiger partial charge >= 0.3 is 0 Å². The molecule has 7 aromatic rings. The van der Waals surface area contributed by atoms with Gasteiger partial charge in [0.05, 0.1) is 19.1 Å². The average molecular weight is 1190 g/mol. The molecular weight excluding hydrogens is 1080 g/mol. The van der Waals surface area contributed by atoms with E-state index in [0.717, 1.165) is 73.4 Å². The second kappa shape index (κ2) is 31.8. The van der Waals surface area contributed by atoms with E-state index in [2.05, 4.69) is 242 Å². The Morgan fingerprint density at radius 2 is 1.17 bits per heavy atom. The molecule has 8 atom stereocenters. The van der Waals surface area contributed by atoms with Gasteiger partial charge in [-0.15, -0.1) is 0 Å². The molecule has 4 heterocycles. The minimum absolute atomic E-state index is 0.531. The van der Waals surface area contributed by atoms with Gasteiger partial charge in [0.25, 0.3) is 0 Å². The van der Waals surface area contributed by atoms with Crippen LogP contribution in [0.5, 0.6) is 0 Å². The molecule has 0 radical (unpaired) electrons. The molecule has 11 aliphatic rings. The Morgan fingerprint density at radius 3 is 1.88 bits per heavy atom. The van der Waals surface area contributed by atoms with Crippen LogP contribution in [0.3, 0.4) is 0 Å². The number of allylic oxidation sites excluding steroid dienone is 6. The standard InChI is InChI=1S/C10H12.C10H10.C10H12.2C10H10.C9H11N.C9H14O.C8H11NO.C8H10O/c2*1-8-6-9-4-2-3-5-10(9)7-8;3*1-8-6-7-9-4-2-3-5-10(8)9;1-7-4-5-9-8(7)3-2-6-10-9;1-7-3-2-4-9-8(7)5-6-10-9;1-6-3-2-4-8-7(6)5-9-10-8;1-6-2-3-8-7(6)4-5-9-8/h2-5,8H,6-7H2,1H3;2-6H,7H2,1H3;2-5,8H,6-7H2,1H3;2-6H,7H2,1H3;2-8H,1H3;2-3,6-7H,4-5H2,1H3;5-9H,2-4H2,1H3;5-6H,2-4H2,1H3;2-3,6H,4-5H2,1H3. The Morgan fingerprint density at radius 1 is 0.517 bits per heavy atom. The summed E-state index contributed by atoms with van der Waals surface area (Å²) in [6.45, 7) is 21.2. The van der Waals surface area contributed by atoms with Crippen LogP contribution < -0.4 is 0 Å². The zero-order valence-corrected chi connectivity index (χ0v) is 55.1. The molecule has 5 aromatic carbocycles. The van der Waals surface area contributed by atoms with E-state index in [1.807, 2.05) is 24.7 Å². The summed E-state index contributed by atoms with van der Waals surface area (Å²) in [4.78, 5) is 4.31. The first-order valence-electron chi connectivity index (χ1n) is 34.0. The highest BCUT2D eigenvalue weighted by Crippen LogP contribution is 2.38. The summed E-state index contributed by atoms with van der Waals surface area (Å²) >= 11 is 0. The Hall–Kier alpha value is -7.50. The van der Waals surface area contributed by atoms with E-state index < -0.39 is 0 Å². The Kier molecular flexibility index (Phi) is 23.0. The van der Waals surface area contributed by atoms with Gasteiger partial charge in [0.15, 0.2) is 0 Å². The average Bonchev–Trinajstić information content (AvgIpc) is 4.63. The number of pyridine rings is 1. The fourth-order valence-electron chi connectivity index (χ4n) is 14.6. The van der Waals surface area contributed by atoms with Crippen molar-refractivity contribution in [3.8, 4) is 0 Å². The number of benzene rings is 5. The number of hydrogen-bond acceptors (Lipinski definition) is 5. The van der Waals surface area contributed by atoms with Crippen LogP contribution in [0, 0.1) is 23.7 Å². The molecular formula is C84H100N2O3. The van der Waals surface area contributed by atoms with Gasteiger partial charge in [0.1, 0.15) is 17.6 Å². The molecule has 5 heteroatoms. The summed E-state index contributed by atoms with van der Waals surface area (Å²) in [6.07, 6.45) is 40.4. The van der Waals surface area contributed by atoms with Crippen LogP contribution in [0.15, 0.2) is 204 Å². The summed E-state index contributed by atoms with van der Waals surface area (Å²) in [7, 11) is 0. The molecule has 2 aliphatic heterocycles. The Balaban J connectivity index is 0.000000110. The van der Waals surface area contributed by atoms with Gasteiger partial charge in [0.2, 0.25) is 0 Å². The van der Waals surface area contributed by atoms with Crippen molar-refractivity contribution in [1.29, 1.82) is 0 Å². The van der Waals surface area contributed by atoms with Crippen molar-refractivity contribution in [2.24, 2.45) is 23.7 Å². The first-order valence-corrected chi connectivity index (χ1v) is 34.0. The summed E-state index contributed by atoms with van der Waals surface area (Å²) in [5.41, 5.74) is 23.4. The van der Waals surface area contributed by atoms with Crippen molar-refractivity contribution in [2.45, 2.75) is 188 Å². The van der Waals surface area contributed by atoms with E-state index in [0.29, 0.717) is 23.9 Å². The highest BCUT2D eigenvalue weighted by molar-refractivity contribution is 5.71. The molecule has 0 amide bonds. The van der Waals surface area contributed by atoms with E-state index in [1.54, 1.807) is 22.3 Å². The lowest BCUT2D eigenvalue weighted by molar-refractivity contribution is 0.0749. The van der Waals surface area contributed by atoms with E-state index in [1.165, 1.54) is 138 Å².